The van der Waals surface area contributed by atoms with Gasteiger partial charge in [-0.3, -0.25) is 0 Å². The van der Waals surface area contributed by atoms with Crippen molar-refractivity contribution in [1.82, 2.24) is 9.97 Å². The van der Waals surface area contributed by atoms with Crippen molar-refractivity contribution >= 4 is 29.2 Å². The van der Waals surface area contributed by atoms with Gasteiger partial charge in [-0.25, -0.2) is 9.97 Å². The lowest BCUT2D eigenvalue weighted by Gasteiger charge is -2.08. The van der Waals surface area contributed by atoms with Crippen LogP contribution < -0.4 is 5.32 Å². The van der Waals surface area contributed by atoms with Crippen LogP contribution in [-0.4, -0.2) is 46.3 Å². The molecule has 1 heterocycles. The molecule has 0 aromatic carbocycles. The monoisotopic (exact) mass is 305 g/mol. The number of nitrogens with zero attached hydrogens (tertiary/aromatic N) is 2. The van der Waals surface area contributed by atoms with Gasteiger partial charge in [-0.15, -0.1) is 0 Å². The first-order valence-corrected chi connectivity index (χ1v) is 7.83. The van der Waals surface area contributed by atoms with E-state index in [1.807, 2.05) is 6.92 Å². The molecule has 0 unspecified atom stereocenters. The highest BCUT2D eigenvalue weighted by atomic mass is 35.5. The van der Waals surface area contributed by atoms with Crippen molar-refractivity contribution in [2.24, 2.45) is 0 Å². The first-order chi connectivity index (χ1) is 9.26. The molecule has 1 rings (SSSR count). The zero-order valence-corrected chi connectivity index (χ0v) is 12.6. The minimum absolute atomic E-state index is 0.253. The number of aliphatic hydroxyl groups excluding tert-OH is 1. The summed E-state index contributed by atoms with van der Waals surface area (Å²) in [5.74, 6) is 3.24. The van der Waals surface area contributed by atoms with Gasteiger partial charge in [0, 0.05) is 31.6 Å². The number of halogens is 1. The van der Waals surface area contributed by atoms with Gasteiger partial charge < -0.3 is 15.2 Å². The molecule has 0 spiro atoms. The molecule has 0 radical (unpaired) electrons. The van der Waals surface area contributed by atoms with Crippen LogP contribution in [0, 0.1) is 0 Å². The topological polar surface area (TPSA) is 67.3 Å². The van der Waals surface area contributed by atoms with Crippen LogP contribution in [0.5, 0.6) is 0 Å². The summed E-state index contributed by atoms with van der Waals surface area (Å²) in [6.45, 7) is 3.98. The van der Waals surface area contributed by atoms with Gasteiger partial charge in [-0.2, -0.15) is 11.8 Å². The smallest absolute Gasteiger partial charge is 0.158 e. The summed E-state index contributed by atoms with van der Waals surface area (Å²) in [5, 5.41) is 12.3. The summed E-state index contributed by atoms with van der Waals surface area (Å²) in [5.41, 5.74) is 0. The third kappa shape index (κ3) is 7.57. The molecule has 0 bridgehead atoms. The number of aliphatic hydroxyl groups is 1. The summed E-state index contributed by atoms with van der Waals surface area (Å²) < 4.78 is 5.26. The van der Waals surface area contributed by atoms with E-state index in [1.54, 1.807) is 17.8 Å². The van der Waals surface area contributed by atoms with Crippen LogP contribution >= 0.6 is 23.4 Å². The summed E-state index contributed by atoms with van der Waals surface area (Å²) in [7, 11) is 0. The van der Waals surface area contributed by atoms with Gasteiger partial charge in [0.1, 0.15) is 17.6 Å². The van der Waals surface area contributed by atoms with Gasteiger partial charge >= 0.3 is 0 Å². The van der Waals surface area contributed by atoms with Gasteiger partial charge in [0.25, 0.3) is 0 Å². The van der Waals surface area contributed by atoms with Crippen LogP contribution in [0.2, 0.25) is 5.15 Å². The molecule has 0 saturated heterocycles. The Morgan fingerprint density at radius 2 is 2.26 bits per heavy atom. The van der Waals surface area contributed by atoms with Gasteiger partial charge in [0.05, 0.1) is 0 Å². The number of hydrogen-bond acceptors (Lipinski definition) is 6. The van der Waals surface area contributed by atoms with Crippen molar-refractivity contribution in [1.29, 1.82) is 0 Å². The molecule has 0 fully saturated rings. The number of rotatable bonds is 10. The fourth-order valence-electron chi connectivity index (χ4n) is 1.33. The Bertz CT molecular complexity index is 369. The number of aromatic nitrogens is 2. The maximum atomic E-state index is 8.66. The lowest BCUT2D eigenvalue weighted by atomic mass is 10.5. The highest BCUT2D eigenvalue weighted by molar-refractivity contribution is 7.99. The first-order valence-electron chi connectivity index (χ1n) is 6.30. The largest absolute Gasteiger partial charge is 0.396 e. The van der Waals surface area contributed by atoms with Gasteiger partial charge in [0.15, 0.2) is 5.82 Å². The Balaban J connectivity index is 2.34. The molecule has 19 heavy (non-hydrogen) atoms. The van der Waals surface area contributed by atoms with E-state index in [4.69, 9.17) is 21.4 Å². The minimum atomic E-state index is 0.253. The third-order valence-electron chi connectivity index (χ3n) is 2.18. The van der Waals surface area contributed by atoms with Crippen LogP contribution in [0.15, 0.2) is 6.07 Å². The second-order valence-corrected chi connectivity index (χ2v) is 5.36. The molecule has 0 aliphatic heterocycles. The van der Waals surface area contributed by atoms with Crippen LogP contribution in [0.4, 0.5) is 5.82 Å². The van der Waals surface area contributed by atoms with E-state index in [1.165, 1.54) is 0 Å². The number of anilines is 1. The minimum Gasteiger partial charge on any atom is -0.396 e. The second-order valence-electron chi connectivity index (χ2n) is 3.75. The lowest BCUT2D eigenvalue weighted by Crippen LogP contribution is -2.09. The Morgan fingerprint density at radius 1 is 1.42 bits per heavy atom. The van der Waals surface area contributed by atoms with Crippen molar-refractivity contribution < 1.29 is 9.84 Å². The number of ether oxygens (including phenoxy) is 1. The van der Waals surface area contributed by atoms with Gasteiger partial charge in [-0.05, 0) is 19.1 Å². The molecule has 2 N–H and O–H groups in total. The molecule has 7 heteroatoms. The first kappa shape index (κ1) is 16.5. The summed E-state index contributed by atoms with van der Waals surface area (Å²) in [6, 6.07) is 1.70. The molecule has 0 aliphatic rings. The summed E-state index contributed by atoms with van der Waals surface area (Å²) in [4.78, 5) is 8.42. The average molecular weight is 306 g/mol. The molecule has 0 amide bonds. The maximum Gasteiger partial charge on any atom is 0.158 e. The lowest BCUT2D eigenvalue weighted by molar-refractivity contribution is 0.128. The van der Waals surface area contributed by atoms with Crippen molar-refractivity contribution in [3.63, 3.8) is 0 Å². The summed E-state index contributed by atoms with van der Waals surface area (Å²) >= 11 is 7.73. The van der Waals surface area contributed by atoms with Crippen molar-refractivity contribution in [2.75, 3.05) is 36.6 Å². The van der Waals surface area contributed by atoms with E-state index in [-0.39, 0.29) is 6.61 Å². The van der Waals surface area contributed by atoms with Gasteiger partial charge in [-0.1, -0.05) is 11.6 Å². The SMILES string of the molecule is CCOCc1nc(Cl)cc(NCCSCCCO)n1. The van der Waals surface area contributed by atoms with Crippen LogP contribution in [0.3, 0.4) is 0 Å². The van der Waals surface area contributed by atoms with E-state index in [2.05, 4.69) is 15.3 Å². The van der Waals surface area contributed by atoms with E-state index in [0.29, 0.717) is 24.2 Å². The van der Waals surface area contributed by atoms with Crippen molar-refractivity contribution in [3.05, 3.63) is 17.0 Å². The normalized spacial score (nSPS) is 10.7. The number of thioether (sulfide) groups is 1. The Hall–Kier alpha value is -0.560. The highest BCUT2D eigenvalue weighted by Crippen LogP contribution is 2.12. The van der Waals surface area contributed by atoms with E-state index in [0.717, 1.165) is 30.3 Å². The summed E-state index contributed by atoms with van der Waals surface area (Å²) in [6.07, 6.45) is 0.836. The maximum absolute atomic E-state index is 8.66. The Morgan fingerprint density at radius 3 is 3.00 bits per heavy atom. The molecule has 5 nitrogen and oxygen atoms in total. The molecule has 1 aromatic rings. The predicted molar refractivity (Wildman–Crippen MR) is 79.9 cm³/mol. The van der Waals surface area contributed by atoms with Crippen LogP contribution in [-0.2, 0) is 11.3 Å². The Kier molecular flexibility index (Phi) is 8.90. The van der Waals surface area contributed by atoms with Crippen LogP contribution in [0.1, 0.15) is 19.2 Å². The standard InChI is InChI=1S/C12H20ClN3O2S/c1-2-18-9-12-15-10(13)8-11(16-12)14-4-7-19-6-3-5-17/h8,17H,2-7,9H2,1H3,(H,14,15,16). The molecular formula is C12H20ClN3O2S. The van der Waals surface area contributed by atoms with E-state index >= 15 is 0 Å². The van der Waals surface area contributed by atoms with Crippen molar-refractivity contribution in [2.45, 2.75) is 20.0 Å². The van der Waals surface area contributed by atoms with E-state index in [9.17, 15) is 0 Å². The molecule has 0 aliphatic carbocycles. The van der Waals surface area contributed by atoms with Crippen LogP contribution in [0.25, 0.3) is 0 Å². The average Bonchev–Trinajstić information content (AvgIpc) is 2.40. The fraction of sp³-hybridized carbons (Fsp3) is 0.667. The van der Waals surface area contributed by atoms with Crippen molar-refractivity contribution in [3.8, 4) is 0 Å². The Labute approximate surface area is 123 Å². The zero-order valence-electron chi connectivity index (χ0n) is 11.1. The molecule has 1 aromatic heterocycles. The fourth-order valence-corrected chi connectivity index (χ4v) is 2.32. The third-order valence-corrected chi connectivity index (χ3v) is 3.44. The molecule has 108 valence electrons. The quantitative estimate of drug-likeness (QED) is 0.510. The number of nitrogens with one attached hydrogen (secondary N) is 1. The number of hydrogen-bond donors (Lipinski definition) is 2. The molecule has 0 atom stereocenters. The zero-order chi connectivity index (χ0) is 13.9. The highest BCUT2D eigenvalue weighted by Gasteiger charge is 2.03. The molecule has 0 saturated carbocycles. The molecular weight excluding hydrogens is 286 g/mol. The second kappa shape index (κ2) is 10.3. The predicted octanol–water partition coefficient (Wildman–Crippen LogP) is 2.19. The van der Waals surface area contributed by atoms with Gasteiger partial charge in [0.2, 0.25) is 0 Å². The van der Waals surface area contributed by atoms with E-state index < -0.39 is 0 Å².